The van der Waals surface area contributed by atoms with E-state index in [9.17, 15) is 5.26 Å². The zero-order chi connectivity index (χ0) is 13.8. The van der Waals surface area contributed by atoms with Crippen LogP contribution in [0.3, 0.4) is 0 Å². The van der Waals surface area contributed by atoms with Crippen LogP contribution in [0.2, 0.25) is 0 Å². The third-order valence-electron chi connectivity index (χ3n) is 3.39. The number of benzene rings is 1. The molecule has 0 amide bonds. The van der Waals surface area contributed by atoms with Crippen LogP contribution in [-0.4, -0.2) is 9.67 Å². The van der Waals surface area contributed by atoms with E-state index in [0.717, 1.165) is 35.3 Å². The normalized spacial score (nSPS) is 10.4. The van der Waals surface area contributed by atoms with Gasteiger partial charge in [-0.05, 0) is 30.5 Å². The number of rotatable bonds is 4. The fourth-order valence-electron chi connectivity index (χ4n) is 2.42. The Morgan fingerprint density at radius 1 is 1.21 bits per heavy atom. The van der Waals surface area contributed by atoms with Crippen molar-refractivity contribution in [1.29, 1.82) is 5.26 Å². The number of hydrogen-bond donors (Lipinski definition) is 1. The maximum Gasteiger partial charge on any atom is 0.101 e. The highest BCUT2D eigenvalue weighted by atomic mass is 16.3. The number of aryl methyl sites for hydroxylation is 1. The van der Waals surface area contributed by atoms with Gasteiger partial charge >= 0.3 is 0 Å². The van der Waals surface area contributed by atoms with Crippen LogP contribution in [0.1, 0.15) is 30.7 Å². The van der Waals surface area contributed by atoms with Crippen molar-refractivity contribution in [3.8, 4) is 17.3 Å². The molecule has 2 aromatic rings. The summed E-state index contributed by atoms with van der Waals surface area (Å²) in [5.74, 6) is 0. The Labute approximate surface area is 113 Å². The number of aliphatic hydroxyl groups excluding tert-OH is 1. The molecule has 0 aliphatic carbocycles. The highest BCUT2D eigenvalue weighted by Crippen LogP contribution is 2.28. The van der Waals surface area contributed by atoms with Gasteiger partial charge in [-0.2, -0.15) is 5.26 Å². The maximum absolute atomic E-state index is 9.31. The molecule has 0 aliphatic rings. The van der Waals surface area contributed by atoms with Gasteiger partial charge in [-0.15, -0.1) is 0 Å². The second kappa shape index (κ2) is 5.73. The number of aromatic nitrogens is 1. The van der Waals surface area contributed by atoms with Crippen molar-refractivity contribution < 1.29 is 5.11 Å². The van der Waals surface area contributed by atoms with Crippen LogP contribution in [0.5, 0.6) is 0 Å². The fraction of sp³-hybridized carbons (Fsp3) is 0.312. The van der Waals surface area contributed by atoms with E-state index in [4.69, 9.17) is 5.11 Å². The first-order chi connectivity index (χ1) is 9.24. The molecule has 0 atom stereocenters. The van der Waals surface area contributed by atoms with Crippen LogP contribution >= 0.6 is 0 Å². The average molecular weight is 254 g/mol. The van der Waals surface area contributed by atoms with Gasteiger partial charge in [0.2, 0.25) is 0 Å². The molecule has 1 N–H and O–H groups in total. The Hall–Kier alpha value is -2.05. The van der Waals surface area contributed by atoms with Crippen molar-refractivity contribution in [3.05, 3.63) is 47.2 Å². The zero-order valence-corrected chi connectivity index (χ0v) is 11.3. The van der Waals surface area contributed by atoms with E-state index in [1.54, 1.807) is 0 Å². The van der Waals surface area contributed by atoms with Crippen LogP contribution in [0.4, 0.5) is 0 Å². The lowest BCUT2D eigenvalue weighted by Gasteiger charge is -2.11. The SMILES string of the molecule is CCc1cc(C#N)c(-c2ccc(CO)cc2)n1CC. The van der Waals surface area contributed by atoms with Crippen LogP contribution in [0, 0.1) is 11.3 Å². The molecule has 3 heteroatoms. The first-order valence-corrected chi connectivity index (χ1v) is 6.57. The summed E-state index contributed by atoms with van der Waals surface area (Å²) < 4.78 is 2.19. The molecule has 1 aromatic heterocycles. The Kier molecular flexibility index (Phi) is 4.03. The molecule has 0 fully saturated rings. The monoisotopic (exact) mass is 254 g/mol. The first-order valence-electron chi connectivity index (χ1n) is 6.57. The molecule has 0 unspecified atom stereocenters. The molecule has 1 aromatic carbocycles. The molecular formula is C16H18N2O. The van der Waals surface area contributed by atoms with Gasteiger partial charge in [0, 0.05) is 12.2 Å². The van der Waals surface area contributed by atoms with Crippen LogP contribution in [0.25, 0.3) is 11.3 Å². The summed E-state index contributed by atoms with van der Waals surface area (Å²) in [6, 6.07) is 12.0. The van der Waals surface area contributed by atoms with Gasteiger partial charge in [-0.1, -0.05) is 31.2 Å². The third kappa shape index (κ3) is 2.40. The molecule has 0 saturated carbocycles. The van der Waals surface area contributed by atoms with Crippen molar-refractivity contribution >= 4 is 0 Å². The van der Waals surface area contributed by atoms with E-state index < -0.39 is 0 Å². The van der Waals surface area contributed by atoms with E-state index in [1.165, 1.54) is 5.69 Å². The van der Waals surface area contributed by atoms with Crippen molar-refractivity contribution in [2.24, 2.45) is 0 Å². The van der Waals surface area contributed by atoms with Gasteiger partial charge < -0.3 is 9.67 Å². The lowest BCUT2D eigenvalue weighted by atomic mass is 10.1. The highest BCUT2D eigenvalue weighted by molar-refractivity contribution is 5.69. The van der Waals surface area contributed by atoms with Gasteiger partial charge in [0.1, 0.15) is 6.07 Å². The summed E-state index contributed by atoms with van der Waals surface area (Å²) in [4.78, 5) is 0. The lowest BCUT2D eigenvalue weighted by molar-refractivity contribution is 0.282. The van der Waals surface area contributed by atoms with Crippen molar-refractivity contribution in [2.75, 3.05) is 0 Å². The average Bonchev–Trinajstić information content (AvgIpc) is 2.84. The van der Waals surface area contributed by atoms with E-state index in [1.807, 2.05) is 30.3 Å². The molecular weight excluding hydrogens is 236 g/mol. The molecule has 0 radical (unpaired) electrons. The second-order valence-electron chi connectivity index (χ2n) is 4.46. The van der Waals surface area contributed by atoms with Crippen LogP contribution < -0.4 is 0 Å². The molecule has 0 aliphatic heterocycles. The van der Waals surface area contributed by atoms with Gasteiger partial charge in [-0.25, -0.2) is 0 Å². The minimum absolute atomic E-state index is 0.0421. The van der Waals surface area contributed by atoms with Crippen molar-refractivity contribution in [3.63, 3.8) is 0 Å². The number of aliphatic hydroxyl groups is 1. The van der Waals surface area contributed by atoms with Crippen LogP contribution in [-0.2, 0) is 19.6 Å². The lowest BCUT2D eigenvalue weighted by Crippen LogP contribution is -2.02. The molecule has 0 bridgehead atoms. The number of nitrogens with zero attached hydrogens (tertiary/aromatic N) is 2. The maximum atomic E-state index is 9.31. The highest BCUT2D eigenvalue weighted by Gasteiger charge is 2.14. The largest absolute Gasteiger partial charge is 0.392 e. The predicted octanol–water partition coefficient (Wildman–Crippen LogP) is 3.10. The summed E-state index contributed by atoms with van der Waals surface area (Å²) in [6.07, 6.45) is 0.914. The Balaban J connectivity index is 2.59. The summed E-state index contributed by atoms with van der Waals surface area (Å²) in [6.45, 7) is 5.08. The van der Waals surface area contributed by atoms with E-state index in [2.05, 4.69) is 24.5 Å². The summed E-state index contributed by atoms with van der Waals surface area (Å²) in [5.41, 5.74) is 4.78. The fourth-order valence-corrected chi connectivity index (χ4v) is 2.42. The number of hydrogen-bond acceptors (Lipinski definition) is 2. The number of nitriles is 1. The van der Waals surface area contributed by atoms with E-state index >= 15 is 0 Å². The minimum atomic E-state index is 0.0421. The Morgan fingerprint density at radius 3 is 2.37 bits per heavy atom. The molecule has 3 nitrogen and oxygen atoms in total. The van der Waals surface area contributed by atoms with Gasteiger partial charge in [-0.3, -0.25) is 0 Å². The standard InChI is InChI=1S/C16H18N2O/c1-3-15-9-14(10-17)16(18(15)4-2)13-7-5-12(11-19)6-8-13/h5-9,19H,3-4,11H2,1-2H3. The van der Waals surface area contributed by atoms with Gasteiger partial charge in [0.15, 0.2) is 0 Å². The Bertz CT molecular complexity index is 603. The van der Waals surface area contributed by atoms with Crippen molar-refractivity contribution in [1.82, 2.24) is 4.57 Å². The summed E-state index contributed by atoms with van der Waals surface area (Å²) in [7, 11) is 0. The van der Waals surface area contributed by atoms with E-state index in [0.29, 0.717) is 0 Å². The topological polar surface area (TPSA) is 48.9 Å². The minimum Gasteiger partial charge on any atom is -0.392 e. The van der Waals surface area contributed by atoms with Gasteiger partial charge in [0.25, 0.3) is 0 Å². The van der Waals surface area contributed by atoms with Crippen LogP contribution in [0.15, 0.2) is 30.3 Å². The second-order valence-corrected chi connectivity index (χ2v) is 4.46. The molecule has 0 saturated heterocycles. The third-order valence-corrected chi connectivity index (χ3v) is 3.39. The summed E-state index contributed by atoms with van der Waals surface area (Å²) in [5, 5.41) is 18.4. The smallest absolute Gasteiger partial charge is 0.101 e. The van der Waals surface area contributed by atoms with Crippen molar-refractivity contribution in [2.45, 2.75) is 33.4 Å². The predicted molar refractivity (Wildman–Crippen MR) is 75.6 cm³/mol. The molecule has 2 rings (SSSR count). The zero-order valence-electron chi connectivity index (χ0n) is 11.3. The summed E-state index contributed by atoms with van der Waals surface area (Å²) >= 11 is 0. The van der Waals surface area contributed by atoms with Gasteiger partial charge in [0.05, 0.1) is 17.9 Å². The Morgan fingerprint density at radius 2 is 1.89 bits per heavy atom. The molecule has 98 valence electrons. The quantitative estimate of drug-likeness (QED) is 0.911. The first kappa shape index (κ1) is 13.4. The molecule has 0 spiro atoms. The molecule has 19 heavy (non-hydrogen) atoms. The van der Waals surface area contributed by atoms with E-state index in [-0.39, 0.29) is 6.61 Å². The molecule has 1 heterocycles.